The fourth-order valence-corrected chi connectivity index (χ4v) is 2.99. The van der Waals surface area contributed by atoms with Gasteiger partial charge in [-0.2, -0.15) is 0 Å². The standard InChI is InChI=1S/C14H27N/c1-4-5-11(2)8-13-6-7-14(10-13)9-12(3)15/h5,12-14H,4,6-10,15H2,1-3H3/b11-5+. The lowest BCUT2D eigenvalue weighted by Gasteiger charge is -2.13. The monoisotopic (exact) mass is 209 g/mol. The van der Waals surface area contributed by atoms with Crippen LogP contribution in [0.4, 0.5) is 0 Å². The molecule has 3 unspecified atom stereocenters. The van der Waals surface area contributed by atoms with Gasteiger partial charge in [0.25, 0.3) is 0 Å². The highest BCUT2D eigenvalue weighted by Crippen LogP contribution is 2.36. The van der Waals surface area contributed by atoms with Crippen molar-refractivity contribution in [3.05, 3.63) is 11.6 Å². The molecule has 0 heterocycles. The second kappa shape index (κ2) is 6.32. The zero-order chi connectivity index (χ0) is 11.3. The summed E-state index contributed by atoms with van der Waals surface area (Å²) in [6.45, 7) is 6.63. The average Bonchev–Trinajstić information content (AvgIpc) is 2.51. The van der Waals surface area contributed by atoms with E-state index in [0.717, 1.165) is 11.8 Å². The van der Waals surface area contributed by atoms with Crippen LogP contribution in [0.25, 0.3) is 0 Å². The first-order chi connectivity index (χ1) is 7.11. The molecule has 1 aliphatic rings. The largest absolute Gasteiger partial charge is 0.328 e. The Bertz CT molecular complexity index is 205. The van der Waals surface area contributed by atoms with Crippen molar-refractivity contribution < 1.29 is 0 Å². The van der Waals surface area contributed by atoms with Gasteiger partial charge in [0.05, 0.1) is 0 Å². The van der Waals surface area contributed by atoms with Crippen LogP contribution in [0.2, 0.25) is 0 Å². The maximum Gasteiger partial charge on any atom is 0.00131 e. The molecule has 1 aliphatic carbocycles. The van der Waals surface area contributed by atoms with E-state index in [1.54, 1.807) is 5.57 Å². The van der Waals surface area contributed by atoms with Gasteiger partial charge < -0.3 is 5.73 Å². The summed E-state index contributed by atoms with van der Waals surface area (Å²) in [7, 11) is 0. The van der Waals surface area contributed by atoms with E-state index in [0.29, 0.717) is 6.04 Å². The van der Waals surface area contributed by atoms with Gasteiger partial charge in [-0.05, 0) is 57.8 Å². The van der Waals surface area contributed by atoms with Crippen molar-refractivity contribution in [1.29, 1.82) is 0 Å². The van der Waals surface area contributed by atoms with Crippen LogP contribution in [-0.2, 0) is 0 Å². The van der Waals surface area contributed by atoms with Gasteiger partial charge in [-0.1, -0.05) is 25.0 Å². The number of allylic oxidation sites excluding steroid dienone is 2. The molecule has 1 fully saturated rings. The molecule has 1 nitrogen and oxygen atoms in total. The topological polar surface area (TPSA) is 26.0 Å². The van der Waals surface area contributed by atoms with Crippen molar-refractivity contribution in [3.63, 3.8) is 0 Å². The van der Waals surface area contributed by atoms with Crippen LogP contribution >= 0.6 is 0 Å². The molecule has 0 aliphatic heterocycles. The fraction of sp³-hybridized carbons (Fsp3) is 0.857. The molecule has 1 heteroatoms. The van der Waals surface area contributed by atoms with Gasteiger partial charge in [0, 0.05) is 6.04 Å². The van der Waals surface area contributed by atoms with E-state index in [-0.39, 0.29) is 0 Å². The SMILES string of the molecule is CC/C=C(\C)CC1CCC(CC(C)N)C1. The lowest BCUT2D eigenvalue weighted by Crippen LogP contribution is -2.18. The third-order valence-electron chi connectivity index (χ3n) is 3.52. The molecule has 0 amide bonds. The summed E-state index contributed by atoms with van der Waals surface area (Å²) in [6.07, 6.45) is 10.4. The van der Waals surface area contributed by atoms with E-state index >= 15 is 0 Å². The molecule has 0 aromatic rings. The van der Waals surface area contributed by atoms with Crippen LogP contribution in [0.1, 0.15) is 59.3 Å². The molecular formula is C14H27N. The third-order valence-corrected chi connectivity index (χ3v) is 3.52. The molecular weight excluding hydrogens is 182 g/mol. The summed E-state index contributed by atoms with van der Waals surface area (Å²) in [6, 6.07) is 0.390. The van der Waals surface area contributed by atoms with E-state index in [4.69, 9.17) is 5.73 Å². The first-order valence-corrected chi connectivity index (χ1v) is 6.53. The van der Waals surface area contributed by atoms with Gasteiger partial charge in [0.15, 0.2) is 0 Å². The van der Waals surface area contributed by atoms with Crippen molar-refractivity contribution in [1.82, 2.24) is 0 Å². The smallest absolute Gasteiger partial charge is 0.00131 e. The Morgan fingerprint density at radius 1 is 1.40 bits per heavy atom. The maximum atomic E-state index is 5.86. The highest BCUT2D eigenvalue weighted by Gasteiger charge is 2.24. The van der Waals surface area contributed by atoms with Crippen molar-refractivity contribution in [3.8, 4) is 0 Å². The summed E-state index contributed by atoms with van der Waals surface area (Å²) in [5.74, 6) is 1.85. The maximum absolute atomic E-state index is 5.86. The Kier molecular flexibility index (Phi) is 5.38. The molecule has 0 aromatic carbocycles. The average molecular weight is 209 g/mol. The number of nitrogens with two attached hydrogens (primary N) is 1. The molecule has 88 valence electrons. The third kappa shape index (κ3) is 4.83. The minimum Gasteiger partial charge on any atom is -0.328 e. The van der Waals surface area contributed by atoms with Crippen molar-refractivity contribution in [2.75, 3.05) is 0 Å². The molecule has 0 aromatic heterocycles. The Hall–Kier alpha value is -0.300. The molecule has 0 saturated heterocycles. The summed E-state index contributed by atoms with van der Waals surface area (Å²) in [5.41, 5.74) is 7.44. The van der Waals surface area contributed by atoms with E-state index in [2.05, 4.69) is 26.8 Å². The van der Waals surface area contributed by atoms with Gasteiger partial charge in [-0.15, -0.1) is 0 Å². The van der Waals surface area contributed by atoms with E-state index < -0.39 is 0 Å². The Morgan fingerprint density at radius 2 is 2.07 bits per heavy atom. The van der Waals surface area contributed by atoms with Crippen LogP contribution in [-0.4, -0.2) is 6.04 Å². The van der Waals surface area contributed by atoms with Gasteiger partial charge in [-0.3, -0.25) is 0 Å². The zero-order valence-corrected chi connectivity index (χ0v) is 10.6. The van der Waals surface area contributed by atoms with Crippen LogP contribution in [0, 0.1) is 11.8 Å². The van der Waals surface area contributed by atoms with E-state index in [9.17, 15) is 0 Å². The van der Waals surface area contributed by atoms with Crippen LogP contribution in [0.15, 0.2) is 11.6 Å². The Morgan fingerprint density at radius 3 is 2.67 bits per heavy atom. The summed E-state index contributed by atoms with van der Waals surface area (Å²) in [4.78, 5) is 0. The van der Waals surface area contributed by atoms with Gasteiger partial charge >= 0.3 is 0 Å². The summed E-state index contributed by atoms with van der Waals surface area (Å²) >= 11 is 0. The van der Waals surface area contributed by atoms with Gasteiger partial charge in [0.2, 0.25) is 0 Å². The summed E-state index contributed by atoms with van der Waals surface area (Å²) < 4.78 is 0. The first-order valence-electron chi connectivity index (χ1n) is 6.53. The summed E-state index contributed by atoms with van der Waals surface area (Å²) in [5, 5.41) is 0. The normalized spacial score (nSPS) is 29.5. The highest BCUT2D eigenvalue weighted by molar-refractivity contribution is 4.99. The van der Waals surface area contributed by atoms with Crippen molar-refractivity contribution >= 4 is 0 Å². The molecule has 15 heavy (non-hydrogen) atoms. The van der Waals surface area contributed by atoms with E-state index in [1.165, 1.54) is 38.5 Å². The number of hydrogen-bond donors (Lipinski definition) is 1. The van der Waals surface area contributed by atoms with Crippen LogP contribution in [0.3, 0.4) is 0 Å². The first kappa shape index (κ1) is 12.8. The van der Waals surface area contributed by atoms with Gasteiger partial charge in [-0.25, -0.2) is 0 Å². The molecule has 3 atom stereocenters. The quantitative estimate of drug-likeness (QED) is 0.683. The van der Waals surface area contributed by atoms with Crippen LogP contribution < -0.4 is 5.73 Å². The molecule has 1 rings (SSSR count). The predicted molar refractivity (Wildman–Crippen MR) is 67.8 cm³/mol. The lowest BCUT2D eigenvalue weighted by molar-refractivity contribution is 0.432. The van der Waals surface area contributed by atoms with Crippen molar-refractivity contribution in [2.45, 2.75) is 65.3 Å². The van der Waals surface area contributed by atoms with Crippen LogP contribution in [0.5, 0.6) is 0 Å². The second-order valence-electron chi connectivity index (χ2n) is 5.42. The Labute approximate surface area is 95.1 Å². The zero-order valence-electron chi connectivity index (χ0n) is 10.6. The predicted octanol–water partition coefficient (Wildman–Crippen LogP) is 3.89. The molecule has 0 spiro atoms. The van der Waals surface area contributed by atoms with Crippen molar-refractivity contribution in [2.24, 2.45) is 17.6 Å². The van der Waals surface area contributed by atoms with Gasteiger partial charge in [0.1, 0.15) is 0 Å². The second-order valence-corrected chi connectivity index (χ2v) is 5.42. The fourth-order valence-electron chi connectivity index (χ4n) is 2.99. The molecule has 0 radical (unpaired) electrons. The highest BCUT2D eigenvalue weighted by atomic mass is 14.6. The molecule has 1 saturated carbocycles. The number of rotatable bonds is 5. The minimum absolute atomic E-state index is 0.390. The molecule has 0 bridgehead atoms. The van der Waals surface area contributed by atoms with E-state index in [1.807, 2.05) is 0 Å². The molecule has 2 N–H and O–H groups in total. The number of hydrogen-bond acceptors (Lipinski definition) is 1. The minimum atomic E-state index is 0.390. The Balaban J connectivity index is 2.27. The lowest BCUT2D eigenvalue weighted by atomic mass is 9.94.